The Kier molecular flexibility index (Phi) is 6.63. The average molecular weight is 255 g/mol. The van der Waals surface area contributed by atoms with Gasteiger partial charge in [-0.15, -0.1) is 0 Å². The summed E-state index contributed by atoms with van der Waals surface area (Å²) in [4.78, 5) is 20.4. The van der Waals surface area contributed by atoms with E-state index in [4.69, 9.17) is 0 Å². The van der Waals surface area contributed by atoms with E-state index in [9.17, 15) is 9.36 Å². The number of hydrogen-bond acceptors (Lipinski definition) is 4. The van der Waals surface area contributed by atoms with E-state index in [0.29, 0.717) is 12.8 Å². The maximum Gasteiger partial charge on any atom is 0.377 e. The molecule has 0 bridgehead atoms. The van der Waals surface area contributed by atoms with Crippen LogP contribution in [0.1, 0.15) is 12.0 Å². The summed E-state index contributed by atoms with van der Waals surface area (Å²) < 4.78 is 11.3. The Labute approximate surface area is 102 Å². The van der Waals surface area contributed by atoms with E-state index in [1.807, 2.05) is 30.3 Å². The first kappa shape index (κ1) is 14.0. The smallest absolute Gasteiger partial charge is 0.295 e. The predicted molar refractivity (Wildman–Crippen MR) is 65.2 cm³/mol. The van der Waals surface area contributed by atoms with Crippen LogP contribution in [0.3, 0.4) is 0 Å². The zero-order chi connectivity index (χ0) is 12.5. The predicted octanol–water partition coefficient (Wildman–Crippen LogP) is 2.55. The van der Waals surface area contributed by atoms with Gasteiger partial charge in [0.25, 0.3) is 6.35 Å². The molecule has 17 heavy (non-hydrogen) atoms. The molecule has 0 saturated heterocycles. The maximum absolute atomic E-state index is 11.5. The van der Waals surface area contributed by atoms with E-state index in [1.165, 1.54) is 7.11 Å². The molecule has 0 N–H and O–H groups in total. The van der Waals surface area contributed by atoms with Crippen molar-refractivity contribution in [1.29, 1.82) is 0 Å². The van der Waals surface area contributed by atoms with E-state index < -0.39 is 7.80 Å². The minimum absolute atomic E-state index is 0.00494. The first-order chi connectivity index (χ1) is 8.22. The minimum atomic E-state index is -1.65. The Balaban J connectivity index is 2.24. The van der Waals surface area contributed by atoms with Crippen molar-refractivity contribution in [3.05, 3.63) is 35.9 Å². The molecule has 1 atom stereocenters. The largest absolute Gasteiger partial charge is 0.377 e. The van der Waals surface area contributed by atoms with E-state index in [0.717, 1.165) is 5.56 Å². The third-order valence-corrected chi connectivity index (χ3v) is 3.30. The van der Waals surface area contributed by atoms with Gasteiger partial charge in [-0.3, -0.25) is 4.79 Å². The fourth-order valence-corrected chi connectivity index (χ4v) is 2.23. The Morgan fingerprint density at radius 2 is 2.00 bits per heavy atom. The number of rotatable bonds is 8. The SMILES string of the molecule is COOC[P+](=O)CC(=O)CCc1ccccc1. The van der Waals surface area contributed by atoms with Gasteiger partial charge >= 0.3 is 7.80 Å². The monoisotopic (exact) mass is 255 g/mol. The lowest BCUT2D eigenvalue weighted by atomic mass is 10.1. The highest BCUT2D eigenvalue weighted by molar-refractivity contribution is 7.45. The van der Waals surface area contributed by atoms with Crippen LogP contribution in [-0.4, -0.2) is 25.4 Å². The molecule has 0 radical (unpaired) electrons. The van der Waals surface area contributed by atoms with Crippen LogP contribution in [0.5, 0.6) is 0 Å². The third-order valence-electron chi connectivity index (χ3n) is 2.20. The van der Waals surface area contributed by atoms with Crippen molar-refractivity contribution in [2.75, 3.05) is 19.6 Å². The van der Waals surface area contributed by atoms with Gasteiger partial charge in [0.2, 0.25) is 6.16 Å². The molecule has 1 aromatic rings. The molecule has 92 valence electrons. The molecule has 1 aromatic carbocycles. The lowest BCUT2D eigenvalue weighted by molar-refractivity contribution is -0.256. The molecule has 4 nitrogen and oxygen atoms in total. The highest BCUT2D eigenvalue weighted by Crippen LogP contribution is 2.20. The van der Waals surface area contributed by atoms with Crippen molar-refractivity contribution >= 4 is 13.6 Å². The second kappa shape index (κ2) is 8.07. The Morgan fingerprint density at radius 3 is 2.65 bits per heavy atom. The van der Waals surface area contributed by atoms with E-state index in [1.54, 1.807) is 0 Å². The fourth-order valence-electron chi connectivity index (χ4n) is 1.36. The summed E-state index contributed by atoms with van der Waals surface area (Å²) in [5.41, 5.74) is 1.12. The third kappa shape index (κ3) is 6.27. The lowest BCUT2D eigenvalue weighted by Crippen LogP contribution is -2.04. The molecule has 1 rings (SSSR count). The van der Waals surface area contributed by atoms with Gasteiger partial charge in [0, 0.05) is 6.42 Å². The molecule has 0 fully saturated rings. The highest BCUT2D eigenvalue weighted by Gasteiger charge is 2.20. The number of carbonyl (C=O) groups excluding carboxylic acids is 1. The number of carbonyl (C=O) groups is 1. The summed E-state index contributed by atoms with van der Waals surface area (Å²) in [5, 5.41) is 0. The summed E-state index contributed by atoms with van der Waals surface area (Å²) in [7, 11) is -0.305. The fraction of sp³-hybridized carbons (Fsp3) is 0.417. The normalized spacial score (nSPS) is 11.2. The molecule has 0 heterocycles. The second-order valence-electron chi connectivity index (χ2n) is 3.58. The van der Waals surface area contributed by atoms with Crippen molar-refractivity contribution in [2.24, 2.45) is 0 Å². The van der Waals surface area contributed by atoms with Crippen LogP contribution in [0.25, 0.3) is 0 Å². The zero-order valence-corrected chi connectivity index (χ0v) is 10.7. The molecular formula is C12H16O4P+. The average Bonchev–Trinajstić information content (AvgIpc) is 2.35. The van der Waals surface area contributed by atoms with Crippen LogP contribution in [0, 0.1) is 0 Å². The topological polar surface area (TPSA) is 52.6 Å². The van der Waals surface area contributed by atoms with Crippen molar-refractivity contribution < 1.29 is 19.1 Å². The molecule has 0 saturated carbocycles. The maximum atomic E-state index is 11.5. The van der Waals surface area contributed by atoms with Gasteiger partial charge in [-0.05, 0) is 12.0 Å². The van der Waals surface area contributed by atoms with E-state index >= 15 is 0 Å². The van der Waals surface area contributed by atoms with Crippen LogP contribution >= 0.6 is 7.80 Å². The minimum Gasteiger partial charge on any atom is -0.295 e. The van der Waals surface area contributed by atoms with Crippen LogP contribution in [0.4, 0.5) is 0 Å². The van der Waals surface area contributed by atoms with Crippen LogP contribution in [0.2, 0.25) is 0 Å². The second-order valence-corrected chi connectivity index (χ2v) is 5.12. The summed E-state index contributed by atoms with van der Waals surface area (Å²) in [6, 6.07) is 9.76. The quantitative estimate of drug-likeness (QED) is 0.407. The van der Waals surface area contributed by atoms with Crippen molar-refractivity contribution in [3.63, 3.8) is 0 Å². The van der Waals surface area contributed by atoms with Gasteiger partial charge in [0.15, 0.2) is 5.78 Å². The number of Topliss-reactive ketones (excluding diaryl/α,β-unsaturated/α-hetero) is 1. The summed E-state index contributed by atoms with van der Waals surface area (Å²) in [5.74, 6) is -0.00494. The first-order valence-corrected chi connectivity index (χ1v) is 6.98. The highest BCUT2D eigenvalue weighted by atomic mass is 31.1. The number of ketones is 1. The molecule has 0 amide bonds. The zero-order valence-electron chi connectivity index (χ0n) is 9.80. The van der Waals surface area contributed by atoms with Crippen LogP contribution < -0.4 is 0 Å². The van der Waals surface area contributed by atoms with Crippen molar-refractivity contribution in [2.45, 2.75) is 12.8 Å². The van der Waals surface area contributed by atoms with Gasteiger partial charge in [0.05, 0.1) is 7.11 Å². The Bertz CT molecular complexity index is 364. The molecule has 0 aliphatic carbocycles. The van der Waals surface area contributed by atoms with Gasteiger partial charge in [0.1, 0.15) is 0 Å². The van der Waals surface area contributed by atoms with Gasteiger partial charge in [-0.2, -0.15) is 4.89 Å². The number of hydrogen-bond donors (Lipinski definition) is 0. The number of aryl methyl sites for hydroxylation is 1. The van der Waals surface area contributed by atoms with Crippen LogP contribution in [0.15, 0.2) is 30.3 Å². The molecule has 0 spiro atoms. The summed E-state index contributed by atoms with van der Waals surface area (Å²) in [6.45, 7) is 0. The lowest BCUT2D eigenvalue weighted by Gasteiger charge is -1.97. The first-order valence-electron chi connectivity index (χ1n) is 5.35. The standard InChI is InChI=1S/C12H16O4P/c1-15-16-10-17(14)9-12(13)8-7-11-5-3-2-4-6-11/h2-6H,7-10H2,1H3/q+1. The molecule has 5 heteroatoms. The summed E-state index contributed by atoms with van der Waals surface area (Å²) in [6.07, 6.45) is 1.14. The van der Waals surface area contributed by atoms with Gasteiger partial charge < -0.3 is 0 Å². The Hall–Kier alpha value is -1.09. The van der Waals surface area contributed by atoms with Gasteiger partial charge in [-0.1, -0.05) is 34.9 Å². The molecular weight excluding hydrogens is 239 g/mol. The van der Waals surface area contributed by atoms with E-state index in [-0.39, 0.29) is 18.3 Å². The summed E-state index contributed by atoms with van der Waals surface area (Å²) >= 11 is 0. The molecule has 0 aromatic heterocycles. The molecule has 1 unspecified atom stereocenters. The van der Waals surface area contributed by atoms with Crippen LogP contribution in [-0.2, 0) is 25.6 Å². The molecule has 0 aliphatic rings. The molecule has 0 aliphatic heterocycles. The number of benzene rings is 1. The van der Waals surface area contributed by atoms with Crippen molar-refractivity contribution in [3.8, 4) is 0 Å². The van der Waals surface area contributed by atoms with Gasteiger partial charge in [-0.25, -0.2) is 4.89 Å². The van der Waals surface area contributed by atoms with Crippen molar-refractivity contribution in [1.82, 2.24) is 0 Å². The Morgan fingerprint density at radius 1 is 1.29 bits per heavy atom. The van der Waals surface area contributed by atoms with E-state index in [2.05, 4.69) is 9.78 Å².